The van der Waals surface area contributed by atoms with Gasteiger partial charge in [0.15, 0.2) is 5.16 Å². The first-order valence-electron chi connectivity index (χ1n) is 5.07. The Labute approximate surface area is 109 Å². The van der Waals surface area contributed by atoms with Crippen LogP contribution in [0, 0.1) is 0 Å². The lowest BCUT2D eigenvalue weighted by Crippen LogP contribution is -2.07. The third-order valence-corrected chi connectivity index (χ3v) is 2.93. The highest BCUT2D eigenvalue weighted by atomic mass is 35.5. The summed E-state index contributed by atoms with van der Waals surface area (Å²) in [4.78, 5) is 8.39. The van der Waals surface area contributed by atoms with Crippen LogP contribution < -0.4 is 5.32 Å². The van der Waals surface area contributed by atoms with Gasteiger partial charge in [-0.25, -0.2) is 9.97 Å². The molecule has 0 saturated carbocycles. The molecule has 0 aliphatic carbocycles. The summed E-state index contributed by atoms with van der Waals surface area (Å²) in [6.45, 7) is 1.99. The van der Waals surface area contributed by atoms with Crippen LogP contribution in [-0.2, 0) is 0 Å². The number of furan rings is 1. The van der Waals surface area contributed by atoms with Crippen molar-refractivity contribution in [3.63, 3.8) is 0 Å². The van der Waals surface area contributed by atoms with Gasteiger partial charge >= 0.3 is 0 Å². The van der Waals surface area contributed by atoms with Crippen LogP contribution in [0.4, 0.5) is 5.82 Å². The number of anilines is 1. The minimum Gasteiger partial charge on any atom is -0.467 e. The SMILES string of the molecule is CSc1nc(Cl)cc(NC(C)c2ccco2)n1. The quantitative estimate of drug-likeness (QED) is 0.522. The van der Waals surface area contributed by atoms with Crippen LogP contribution in [0.25, 0.3) is 0 Å². The van der Waals surface area contributed by atoms with E-state index in [0.29, 0.717) is 16.1 Å². The van der Waals surface area contributed by atoms with Crippen molar-refractivity contribution in [2.45, 2.75) is 18.1 Å². The van der Waals surface area contributed by atoms with E-state index in [1.165, 1.54) is 11.8 Å². The van der Waals surface area contributed by atoms with Gasteiger partial charge in [-0.15, -0.1) is 0 Å². The third-order valence-electron chi connectivity index (χ3n) is 2.19. The zero-order valence-electron chi connectivity index (χ0n) is 9.48. The second-order valence-corrected chi connectivity index (χ2v) is 4.60. The summed E-state index contributed by atoms with van der Waals surface area (Å²) in [7, 11) is 0. The summed E-state index contributed by atoms with van der Waals surface area (Å²) in [5.74, 6) is 1.55. The van der Waals surface area contributed by atoms with Crippen molar-refractivity contribution in [1.82, 2.24) is 9.97 Å². The van der Waals surface area contributed by atoms with Crippen molar-refractivity contribution in [2.75, 3.05) is 11.6 Å². The van der Waals surface area contributed by atoms with Crippen molar-refractivity contribution < 1.29 is 4.42 Å². The molecule has 17 heavy (non-hydrogen) atoms. The average Bonchev–Trinajstić information content (AvgIpc) is 2.81. The van der Waals surface area contributed by atoms with E-state index in [1.54, 1.807) is 12.3 Å². The van der Waals surface area contributed by atoms with Gasteiger partial charge in [-0.1, -0.05) is 23.4 Å². The van der Waals surface area contributed by atoms with Gasteiger partial charge in [-0.2, -0.15) is 0 Å². The number of nitrogens with zero attached hydrogens (tertiary/aromatic N) is 2. The van der Waals surface area contributed by atoms with Crippen LogP contribution in [0.5, 0.6) is 0 Å². The Morgan fingerprint density at radius 3 is 2.94 bits per heavy atom. The second-order valence-electron chi connectivity index (χ2n) is 3.44. The number of nitrogens with one attached hydrogen (secondary N) is 1. The van der Waals surface area contributed by atoms with Gasteiger partial charge < -0.3 is 9.73 Å². The van der Waals surface area contributed by atoms with Crippen molar-refractivity contribution in [1.29, 1.82) is 0 Å². The fourth-order valence-electron chi connectivity index (χ4n) is 1.39. The van der Waals surface area contributed by atoms with Gasteiger partial charge in [-0.3, -0.25) is 0 Å². The Balaban J connectivity index is 2.15. The van der Waals surface area contributed by atoms with Crippen molar-refractivity contribution in [2.24, 2.45) is 0 Å². The number of thioether (sulfide) groups is 1. The molecule has 0 aromatic carbocycles. The highest BCUT2D eigenvalue weighted by molar-refractivity contribution is 7.98. The molecule has 4 nitrogen and oxygen atoms in total. The molecule has 2 aromatic heterocycles. The Hall–Kier alpha value is -1.20. The van der Waals surface area contributed by atoms with Gasteiger partial charge in [-0.05, 0) is 25.3 Å². The average molecular weight is 270 g/mol. The second kappa shape index (κ2) is 5.42. The molecule has 0 fully saturated rings. The maximum Gasteiger partial charge on any atom is 0.190 e. The molecule has 2 rings (SSSR count). The van der Waals surface area contributed by atoms with Gasteiger partial charge in [0.1, 0.15) is 16.7 Å². The Morgan fingerprint density at radius 2 is 2.29 bits per heavy atom. The van der Waals surface area contributed by atoms with Crippen molar-refractivity contribution in [3.8, 4) is 0 Å². The first-order valence-corrected chi connectivity index (χ1v) is 6.68. The number of rotatable bonds is 4. The normalized spacial score (nSPS) is 12.4. The van der Waals surface area contributed by atoms with E-state index in [2.05, 4.69) is 15.3 Å². The Kier molecular flexibility index (Phi) is 3.91. The summed E-state index contributed by atoms with van der Waals surface area (Å²) in [5.41, 5.74) is 0. The molecular weight excluding hydrogens is 258 g/mol. The fourth-order valence-corrected chi connectivity index (χ4v) is 2.01. The van der Waals surface area contributed by atoms with Gasteiger partial charge in [0.2, 0.25) is 0 Å². The summed E-state index contributed by atoms with van der Waals surface area (Å²) >= 11 is 7.36. The van der Waals surface area contributed by atoms with Crippen LogP contribution in [0.15, 0.2) is 34.0 Å². The molecule has 0 aliphatic heterocycles. The summed E-state index contributed by atoms with van der Waals surface area (Å²) in [6, 6.07) is 5.50. The van der Waals surface area contributed by atoms with Gasteiger partial charge in [0.05, 0.1) is 12.3 Å². The maximum absolute atomic E-state index is 5.91. The van der Waals surface area contributed by atoms with Gasteiger partial charge in [0.25, 0.3) is 0 Å². The predicted octanol–water partition coefficient (Wildman–Crippen LogP) is 3.62. The van der Waals surface area contributed by atoms with Crippen LogP contribution in [0.2, 0.25) is 5.15 Å². The minimum atomic E-state index is 0.0330. The molecule has 1 atom stereocenters. The molecule has 0 bridgehead atoms. The first kappa shape index (κ1) is 12.3. The third kappa shape index (κ3) is 3.14. The van der Waals surface area contributed by atoms with E-state index in [1.807, 2.05) is 25.3 Å². The standard InChI is InChI=1S/C11H12ClN3OS/c1-7(8-4-3-5-16-8)13-10-6-9(12)14-11(15-10)17-2/h3-7H,1-2H3,(H,13,14,15). The van der Waals surface area contributed by atoms with Crippen LogP contribution in [-0.4, -0.2) is 16.2 Å². The number of aromatic nitrogens is 2. The molecule has 2 aromatic rings. The minimum absolute atomic E-state index is 0.0330. The zero-order valence-corrected chi connectivity index (χ0v) is 11.0. The molecule has 6 heteroatoms. The molecule has 90 valence electrons. The van der Waals surface area contributed by atoms with E-state index in [0.717, 1.165) is 5.76 Å². The Morgan fingerprint density at radius 1 is 1.47 bits per heavy atom. The number of hydrogen-bond donors (Lipinski definition) is 1. The summed E-state index contributed by atoms with van der Waals surface area (Å²) in [6.07, 6.45) is 3.55. The van der Waals surface area contributed by atoms with E-state index >= 15 is 0 Å². The smallest absolute Gasteiger partial charge is 0.190 e. The van der Waals surface area contributed by atoms with Crippen LogP contribution in [0.1, 0.15) is 18.7 Å². The van der Waals surface area contributed by atoms with Crippen LogP contribution >= 0.6 is 23.4 Å². The topological polar surface area (TPSA) is 51.0 Å². The fraction of sp³-hybridized carbons (Fsp3) is 0.273. The molecule has 2 heterocycles. The highest BCUT2D eigenvalue weighted by Crippen LogP contribution is 2.22. The first-order chi connectivity index (χ1) is 8.19. The molecule has 1 unspecified atom stereocenters. The molecule has 0 aliphatic rings. The van der Waals surface area contributed by atoms with E-state index < -0.39 is 0 Å². The molecular formula is C11H12ClN3OS. The number of hydrogen-bond acceptors (Lipinski definition) is 5. The van der Waals surface area contributed by atoms with E-state index in [-0.39, 0.29) is 6.04 Å². The van der Waals surface area contributed by atoms with Crippen molar-refractivity contribution >= 4 is 29.2 Å². The monoisotopic (exact) mass is 269 g/mol. The largest absolute Gasteiger partial charge is 0.467 e. The maximum atomic E-state index is 5.91. The predicted molar refractivity (Wildman–Crippen MR) is 69.6 cm³/mol. The molecule has 1 N–H and O–H groups in total. The molecule has 0 spiro atoms. The highest BCUT2D eigenvalue weighted by Gasteiger charge is 2.10. The van der Waals surface area contributed by atoms with E-state index in [4.69, 9.17) is 16.0 Å². The van der Waals surface area contributed by atoms with Crippen LogP contribution in [0.3, 0.4) is 0 Å². The number of halogens is 1. The Bertz CT molecular complexity index is 489. The summed E-state index contributed by atoms with van der Waals surface area (Å²) in [5, 5.41) is 4.29. The van der Waals surface area contributed by atoms with Gasteiger partial charge in [0, 0.05) is 6.07 Å². The van der Waals surface area contributed by atoms with E-state index in [9.17, 15) is 0 Å². The van der Waals surface area contributed by atoms with Crippen molar-refractivity contribution in [3.05, 3.63) is 35.4 Å². The lowest BCUT2D eigenvalue weighted by atomic mass is 10.2. The lowest BCUT2D eigenvalue weighted by molar-refractivity contribution is 0.490. The molecule has 0 saturated heterocycles. The lowest BCUT2D eigenvalue weighted by Gasteiger charge is -2.12. The molecule has 0 amide bonds. The molecule has 0 radical (unpaired) electrons. The zero-order chi connectivity index (χ0) is 12.3. The summed E-state index contributed by atoms with van der Waals surface area (Å²) < 4.78 is 5.31.